The van der Waals surface area contributed by atoms with Crippen molar-refractivity contribution >= 4 is 16.9 Å². The van der Waals surface area contributed by atoms with Crippen LogP contribution in [0.4, 0.5) is 6.01 Å². The number of ether oxygens (including phenoxy) is 1. The van der Waals surface area contributed by atoms with Crippen LogP contribution in [0.1, 0.15) is 47.9 Å². The lowest BCUT2D eigenvalue weighted by atomic mass is 9.90. The van der Waals surface area contributed by atoms with E-state index in [9.17, 15) is 0 Å². The van der Waals surface area contributed by atoms with E-state index in [1.165, 1.54) is 12.8 Å². The van der Waals surface area contributed by atoms with E-state index in [-0.39, 0.29) is 18.0 Å². The van der Waals surface area contributed by atoms with Crippen LogP contribution in [0.15, 0.2) is 41.2 Å². The third-order valence-electron chi connectivity index (χ3n) is 5.55. The van der Waals surface area contributed by atoms with Crippen LogP contribution in [0.25, 0.3) is 22.2 Å². The first-order valence-corrected chi connectivity index (χ1v) is 9.40. The van der Waals surface area contributed by atoms with Crippen molar-refractivity contribution in [1.82, 2.24) is 25.1 Å². The van der Waals surface area contributed by atoms with Gasteiger partial charge >= 0.3 is 6.01 Å². The summed E-state index contributed by atoms with van der Waals surface area (Å²) in [6.45, 7) is 0.541. The zero-order valence-electron chi connectivity index (χ0n) is 15.0. The molecule has 1 aliphatic heterocycles. The lowest BCUT2D eigenvalue weighted by Gasteiger charge is -2.34. The molecule has 3 aromatic heterocycles. The number of nitrogens with two attached hydrogens (primary N) is 1. The number of hydrogen-bond acceptors (Lipinski definition) is 7. The third-order valence-corrected chi connectivity index (χ3v) is 5.55. The molecule has 1 aromatic carbocycles. The molecule has 2 fully saturated rings. The molecule has 1 saturated carbocycles. The van der Waals surface area contributed by atoms with Gasteiger partial charge < -0.3 is 19.9 Å². The van der Waals surface area contributed by atoms with Crippen molar-refractivity contribution in [2.45, 2.75) is 30.8 Å². The summed E-state index contributed by atoms with van der Waals surface area (Å²) in [5.41, 5.74) is 10.7. The normalized spacial score (nSPS) is 21.7. The number of rotatable bonds is 4. The minimum Gasteiger partial charge on any atom is -0.408 e. The molecule has 2 unspecified atom stereocenters. The van der Waals surface area contributed by atoms with Gasteiger partial charge in [0.25, 0.3) is 0 Å². The van der Waals surface area contributed by atoms with Crippen molar-refractivity contribution in [3.05, 3.63) is 53.9 Å². The first kappa shape index (κ1) is 15.8. The molecule has 140 valence electrons. The largest absolute Gasteiger partial charge is 0.408 e. The molecule has 2 aliphatic rings. The van der Waals surface area contributed by atoms with Crippen LogP contribution in [-0.2, 0) is 4.74 Å². The van der Waals surface area contributed by atoms with Crippen LogP contribution in [0.2, 0.25) is 0 Å². The summed E-state index contributed by atoms with van der Waals surface area (Å²) >= 11 is 0. The summed E-state index contributed by atoms with van der Waals surface area (Å²) in [5, 5.41) is 8.87. The molecule has 0 radical (unpaired) electrons. The summed E-state index contributed by atoms with van der Waals surface area (Å²) in [5.74, 6) is 1.10. The maximum absolute atomic E-state index is 5.82. The Labute approximate surface area is 160 Å². The number of H-pyrrole nitrogens is 1. The predicted octanol–water partition coefficient (Wildman–Crippen LogP) is 3.32. The fourth-order valence-electron chi connectivity index (χ4n) is 3.83. The van der Waals surface area contributed by atoms with Crippen LogP contribution in [-0.4, -0.2) is 31.8 Å². The second-order valence-corrected chi connectivity index (χ2v) is 7.45. The number of nitrogens with one attached hydrogen (secondary N) is 1. The molecular weight excluding hydrogens is 356 g/mol. The van der Waals surface area contributed by atoms with E-state index in [0.29, 0.717) is 18.4 Å². The number of fused-ring (bicyclic) bond motifs is 1. The van der Waals surface area contributed by atoms with E-state index in [2.05, 4.69) is 38.4 Å². The van der Waals surface area contributed by atoms with Gasteiger partial charge in [-0.2, -0.15) is 0 Å². The highest BCUT2D eigenvalue weighted by molar-refractivity contribution is 5.95. The van der Waals surface area contributed by atoms with Crippen molar-refractivity contribution in [2.24, 2.45) is 0 Å². The number of anilines is 1. The average Bonchev–Trinajstić information content (AvgIpc) is 3.33. The van der Waals surface area contributed by atoms with Gasteiger partial charge in [0.1, 0.15) is 0 Å². The highest BCUT2D eigenvalue weighted by Crippen LogP contribution is 2.44. The van der Waals surface area contributed by atoms with Crippen LogP contribution in [0, 0.1) is 0 Å². The SMILES string of the molecule is Nc1nnc(C2COC2c2ccc3[nH]cc(-c4cncc(C5CC5)n4)c3c2)o1. The van der Waals surface area contributed by atoms with Crippen molar-refractivity contribution in [3.63, 3.8) is 0 Å². The zero-order valence-corrected chi connectivity index (χ0v) is 15.0. The molecule has 0 bridgehead atoms. The Balaban J connectivity index is 1.38. The number of hydrogen-bond donors (Lipinski definition) is 2. The first-order chi connectivity index (χ1) is 13.8. The Kier molecular flexibility index (Phi) is 3.30. The second kappa shape index (κ2) is 5.87. The third kappa shape index (κ3) is 2.49. The van der Waals surface area contributed by atoms with E-state index in [1.807, 2.05) is 18.6 Å². The molecule has 0 spiro atoms. The molecule has 6 rings (SSSR count). The van der Waals surface area contributed by atoms with E-state index < -0.39 is 0 Å². The molecule has 8 nitrogen and oxygen atoms in total. The average molecular weight is 374 g/mol. The molecule has 1 saturated heterocycles. The fourth-order valence-corrected chi connectivity index (χ4v) is 3.83. The van der Waals surface area contributed by atoms with Gasteiger partial charge in [-0.3, -0.25) is 4.98 Å². The smallest absolute Gasteiger partial charge is 0.312 e. The molecule has 28 heavy (non-hydrogen) atoms. The molecule has 8 heteroatoms. The minimum absolute atomic E-state index is 0.0163. The zero-order chi connectivity index (χ0) is 18.7. The Morgan fingerprint density at radius 3 is 2.82 bits per heavy atom. The van der Waals surface area contributed by atoms with Crippen LogP contribution in [0.3, 0.4) is 0 Å². The molecule has 2 atom stereocenters. The Bertz CT molecular complexity index is 1180. The lowest BCUT2D eigenvalue weighted by Crippen LogP contribution is -2.30. The standard InChI is InChI=1S/C20H18N6O2/c21-20-26-25-19(28-20)14-9-27-18(14)11-3-4-15-12(5-11)13(6-23-15)17-8-22-7-16(24-17)10-1-2-10/h3-8,10,14,18,23H,1-2,9H2,(H2,21,26). The number of nitrogens with zero attached hydrogens (tertiary/aromatic N) is 4. The van der Waals surface area contributed by atoms with Gasteiger partial charge in [-0.1, -0.05) is 11.2 Å². The van der Waals surface area contributed by atoms with Gasteiger partial charge in [0.05, 0.1) is 36.2 Å². The number of benzene rings is 1. The van der Waals surface area contributed by atoms with Crippen LogP contribution >= 0.6 is 0 Å². The van der Waals surface area contributed by atoms with E-state index in [0.717, 1.165) is 33.4 Å². The van der Waals surface area contributed by atoms with E-state index in [4.69, 9.17) is 19.9 Å². The fraction of sp³-hybridized carbons (Fsp3) is 0.300. The molecule has 4 aromatic rings. The monoisotopic (exact) mass is 374 g/mol. The van der Waals surface area contributed by atoms with Gasteiger partial charge in [0.15, 0.2) is 0 Å². The number of aromatic amines is 1. The lowest BCUT2D eigenvalue weighted by molar-refractivity contribution is -0.0879. The van der Waals surface area contributed by atoms with Gasteiger partial charge in [-0.25, -0.2) is 4.98 Å². The summed E-state index contributed by atoms with van der Waals surface area (Å²) in [7, 11) is 0. The topological polar surface area (TPSA) is 116 Å². The highest BCUT2D eigenvalue weighted by Gasteiger charge is 2.39. The van der Waals surface area contributed by atoms with Crippen molar-refractivity contribution in [3.8, 4) is 11.3 Å². The quantitative estimate of drug-likeness (QED) is 0.563. The second-order valence-electron chi connectivity index (χ2n) is 7.45. The first-order valence-electron chi connectivity index (χ1n) is 9.40. The van der Waals surface area contributed by atoms with Crippen molar-refractivity contribution < 1.29 is 9.15 Å². The minimum atomic E-state index is -0.129. The molecule has 3 N–H and O–H groups in total. The van der Waals surface area contributed by atoms with Crippen molar-refractivity contribution in [2.75, 3.05) is 12.3 Å². The summed E-state index contributed by atoms with van der Waals surface area (Å²) in [6, 6.07) is 6.35. The van der Waals surface area contributed by atoms with E-state index in [1.54, 1.807) is 0 Å². The summed E-state index contributed by atoms with van der Waals surface area (Å²) in [4.78, 5) is 12.6. The summed E-state index contributed by atoms with van der Waals surface area (Å²) in [6.07, 6.45) is 7.98. The van der Waals surface area contributed by atoms with E-state index >= 15 is 0 Å². The predicted molar refractivity (Wildman–Crippen MR) is 101 cm³/mol. The number of nitrogen functional groups attached to an aromatic ring is 1. The maximum Gasteiger partial charge on any atom is 0.312 e. The Morgan fingerprint density at radius 1 is 1.14 bits per heavy atom. The van der Waals surface area contributed by atoms with Gasteiger partial charge in [0, 0.05) is 34.8 Å². The molecule has 1 aliphatic carbocycles. The van der Waals surface area contributed by atoms with Crippen LogP contribution in [0.5, 0.6) is 0 Å². The van der Waals surface area contributed by atoms with Gasteiger partial charge in [-0.05, 0) is 30.5 Å². The molecular formula is C20H18N6O2. The Hall–Kier alpha value is -3.26. The van der Waals surface area contributed by atoms with Gasteiger partial charge in [0.2, 0.25) is 5.89 Å². The van der Waals surface area contributed by atoms with Crippen LogP contribution < -0.4 is 5.73 Å². The Morgan fingerprint density at radius 2 is 2.07 bits per heavy atom. The number of aromatic nitrogens is 5. The van der Waals surface area contributed by atoms with Crippen molar-refractivity contribution in [1.29, 1.82) is 0 Å². The highest BCUT2D eigenvalue weighted by atomic mass is 16.5. The molecule has 0 amide bonds. The van der Waals surface area contributed by atoms with Gasteiger partial charge in [-0.15, -0.1) is 5.10 Å². The summed E-state index contributed by atoms with van der Waals surface area (Å²) < 4.78 is 11.2. The maximum atomic E-state index is 5.82. The molecule has 4 heterocycles.